The van der Waals surface area contributed by atoms with Crippen molar-refractivity contribution in [1.29, 1.82) is 15.8 Å². The molecule has 0 amide bonds. The number of fused-ring (bicyclic) bond motifs is 12. The molecule has 4 aromatic heterocycles. The van der Waals surface area contributed by atoms with Crippen molar-refractivity contribution in [3.63, 3.8) is 0 Å². The molecule has 0 unspecified atom stereocenters. The average Bonchev–Trinajstić information content (AvgIpc) is 1.55. The van der Waals surface area contributed by atoms with Crippen LogP contribution >= 0.6 is 0 Å². The zero-order valence-electron chi connectivity index (χ0n) is 53.0. The van der Waals surface area contributed by atoms with E-state index >= 15 is 13.2 Å². The van der Waals surface area contributed by atoms with Crippen LogP contribution in [-0.4, -0.2) is 18.3 Å². The first-order chi connectivity index (χ1) is 45.5. The van der Waals surface area contributed by atoms with Crippen LogP contribution in [0.2, 0.25) is 0 Å². The van der Waals surface area contributed by atoms with Gasteiger partial charge in [-0.3, -0.25) is 0 Å². The van der Waals surface area contributed by atoms with E-state index in [0.717, 1.165) is 99.4 Å². The highest BCUT2D eigenvalue weighted by molar-refractivity contribution is 6.17. The van der Waals surface area contributed by atoms with Gasteiger partial charge in [-0.1, -0.05) is 121 Å². The summed E-state index contributed by atoms with van der Waals surface area (Å²) in [6, 6.07) is 78.1. The lowest BCUT2D eigenvalue weighted by molar-refractivity contribution is -0.137. The lowest BCUT2D eigenvalue weighted by Gasteiger charge is -2.23. The predicted molar refractivity (Wildman–Crippen MR) is 378 cm³/mol. The summed E-state index contributed by atoms with van der Waals surface area (Å²) in [7, 11) is 0. The normalized spacial score (nSPS) is 11.7. The van der Waals surface area contributed by atoms with Crippen LogP contribution in [0.3, 0.4) is 0 Å². The van der Waals surface area contributed by atoms with Crippen LogP contribution in [0.5, 0.6) is 0 Å². The fraction of sp³-hybridized carbons (Fsp3) is 0.107. The van der Waals surface area contributed by atoms with Gasteiger partial charge in [0.05, 0.1) is 101 Å². The molecule has 16 aromatic rings. The molecule has 0 aliphatic carbocycles. The maximum absolute atomic E-state index is 15.7. The Morgan fingerprint density at radius 2 is 0.543 bits per heavy atom. The molecule has 12 aromatic carbocycles. The van der Waals surface area contributed by atoms with Gasteiger partial charge in [-0.25, -0.2) is 0 Å². The predicted octanol–water partition coefficient (Wildman–Crippen LogP) is 22.2. The van der Waals surface area contributed by atoms with E-state index in [-0.39, 0.29) is 5.69 Å². The molecule has 4 heterocycles. The van der Waals surface area contributed by atoms with Crippen LogP contribution in [0.25, 0.3) is 132 Å². The van der Waals surface area contributed by atoms with Gasteiger partial charge in [0.2, 0.25) is 0 Å². The maximum Gasteiger partial charge on any atom is 0.418 e. The summed E-state index contributed by atoms with van der Waals surface area (Å²) in [6.45, 7) is 16.8. The summed E-state index contributed by atoms with van der Waals surface area (Å²) >= 11 is 0. The molecule has 94 heavy (non-hydrogen) atoms. The van der Waals surface area contributed by atoms with Gasteiger partial charge in [-0.2, -0.15) is 29.0 Å². The molecule has 0 aliphatic rings. The Morgan fingerprint density at radius 3 is 0.830 bits per heavy atom. The summed E-state index contributed by atoms with van der Waals surface area (Å²) in [5, 5.41) is 39.0. The third kappa shape index (κ3) is 8.99. The van der Waals surface area contributed by atoms with Crippen LogP contribution in [0.15, 0.2) is 218 Å². The van der Waals surface area contributed by atoms with Crippen LogP contribution in [0, 0.1) is 89.4 Å². The van der Waals surface area contributed by atoms with E-state index in [1.165, 1.54) is 49.9 Å². The Morgan fingerprint density at radius 1 is 0.277 bits per heavy atom. The molecule has 0 bridgehead atoms. The molecule has 16 rings (SSSR count). The third-order valence-electron chi connectivity index (χ3n) is 19.1. The number of hydrogen-bond acceptors (Lipinski definition) is 3. The minimum Gasteiger partial charge on any atom is -0.307 e. The molecular formula is C84H60F3N7. The second-order valence-electron chi connectivity index (χ2n) is 24.9. The first-order valence-electron chi connectivity index (χ1n) is 31.3. The lowest BCUT2D eigenvalue weighted by Crippen LogP contribution is -2.15. The minimum atomic E-state index is -4.71. The Bertz CT molecular complexity index is 5820. The summed E-state index contributed by atoms with van der Waals surface area (Å²) < 4.78 is 55.7. The van der Waals surface area contributed by atoms with Crippen LogP contribution in [0.1, 0.15) is 66.8 Å². The van der Waals surface area contributed by atoms with Crippen LogP contribution in [0.4, 0.5) is 13.2 Å². The van der Waals surface area contributed by atoms with Crippen molar-refractivity contribution in [2.24, 2.45) is 0 Å². The number of nitrogens with zero attached hydrogens (tertiary/aromatic N) is 7. The van der Waals surface area contributed by atoms with Crippen molar-refractivity contribution in [2.75, 3.05) is 0 Å². The number of alkyl halides is 3. The summed E-state index contributed by atoms with van der Waals surface area (Å²) in [6.07, 6.45) is -4.71. The number of hydrogen-bond donors (Lipinski definition) is 0. The SMILES string of the molecule is Cc1cccc2c1c1c(C)cccc1n2-c1cc(-c2cccc(C#N)c2)cc(C#N)c1-n1c2cccc(C)c2c2c(C)cccc21.Cc1cccc2c1c1c(C)cccc1n2-c1cc(-c2cccc(C#N)c2)cc(C(F)(F)F)c1-n1c2cccc(C)c2c2c(C)cccc21. The molecule has 0 saturated heterocycles. The van der Waals surface area contributed by atoms with Crippen molar-refractivity contribution in [2.45, 2.75) is 61.6 Å². The minimum absolute atomic E-state index is 0.0562. The average molecular weight is 1220 g/mol. The molecule has 10 heteroatoms. The van der Waals surface area contributed by atoms with Crippen molar-refractivity contribution < 1.29 is 13.2 Å². The molecule has 0 N–H and O–H groups in total. The smallest absolute Gasteiger partial charge is 0.307 e. The lowest BCUT2D eigenvalue weighted by atomic mass is 9.98. The molecule has 7 nitrogen and oxygen atoms in total. The Labute approximate surface area is 541 Å². The molecule has 0 atom stereocenters. The molecule has 0 aliphatic heterocycles. The number of rotatable bonds is 6. The van der Waals surface area contributed by atoms with Crippen molar-refractivity contribution in [1.82, 2.24) is 18.3 Å². The van der Waals surface area contributed by atoms with Gasteiger partial charge in [0.1, 0.15) is 6.07 Å². The molecule has 0 radical (unpaired) electrons. The summed E-state index contributed by atoms with van der Waals surface area (Å²) in [4.78, 5) is 0. The summed E-state index contributed by atoms with van der Waals surface area (Å²) in [5.41, 5.74) is 21.9. The van der Waals surface area contributed by atoms with E-state index in [9.17, 15) is 15.8 Å². The summed E-state index contributed by atoms with van der Waals surface area (Å²) in [5.74, 6) is 0. The van der Waals surface area contributed by atoms with Crippen molar-refractivity contribution in [3.8, 4) is 63.2 Å². The standard InChI is InChI=1S/C42H30F3N3.C42H30N4/c1-24-10-5-16-32-37(24)38-25(2)11-6-17-33(38)47(32)36-22-30(29-15-9-14-28(20-29)23-46)21-31(42(43,44)45)41(36)48-34-18-7-12-26(3)39(34)40-27(4)13-8-19-35(40)48;1-25-10-5-16-33-38(25)39-26(2)11-6-17-34(39)45(33)37-22-31(30-15-9-14-29(20-30)23-43)21-32(24-44)42(37)46-35-18-7-12-27(3)40(35)41-28(4)13-8-19-36(41)46/h5-22H,1-4H3;5-22H,1-4H3. The highest BCUT2D eigenvalue weighted by Crippen LogP contribution is 2.49. The van der Waals surface area contributed by atoms with Crippen molar-refractivity contribution in [3.05, 3.63) is 285 Å². The Balaban J connectivity index is 0.000000155. The van der Waals surface area contributed by atoms with Gasteiger partial charge >= 0.3 is 6.18 Å². The van der Waals surface area contributed by atoms with E-state index in [1.54, 1.807) is 24.3 Å². The monoisotopic (exact) mass is 1220 g/mol. The van der Waals surface area contributed by atoms with Gasteiger partial charge in [0.15, 0.2) is 0 Å². The fourth-order valence-electron chi connectivity index (χ4n) is 15.1. The van der Waals surface area contributed by atoms with Gasteiger partial charge < -0.3 is 18.3 Å². The molecule has 0 spiro atoms. The van der Waals surface area contributed by atoms with Gasteiger partial charge in [-0.15, -0.1) is 0 Å². The largest absolute Gasteiger partial charge is 0.418 e. The highest BCUT2D eigenvalue weighted by atomic mass is 19.4. The van der Waals surface area contributed by atoms with E-state index in [0.29, 0.717) is 44.5 Å². The zero-order valence-corrected chi connectivity index (χ0v) is 53.0. The first-order valence-corrected chi connectivity index (χ1v) is 31.3. The number of benzene rings is 12. The fourth-order valence-corrected chi connectivity index (χ4v) is 15.1. The number of aromatic nitrogens is 4. The molecule has 0 fully saturated rings. The van der Waals surface area contributed by atoms with E-state index < -0.39 is 11.7 Å². The molecule has 0 saturated carbocycles. The first kappa shape index (κ1) is 58.5. The van der Waals surface area contributed by atoms with Crippen molar-refractivity contribution >= 4 is 87.2 Å². The van der Waals surface area contributed by atoms with E-state index in [2.05, 4.69) is 134 Å². The van der Waals surface area contributed by atoms with Crippen LogP contribution < -0.4 is 0 Å². The second-order valence-corrected chi connectivity index (χ2v) is 24.9. The topological polar surface area (TPSA) is 91.1 Å². The van der Waals surface area contributed by atoms with E-state index in [1.807, 2.05) is 146 Å². The Hall–Kier alpha value is -11.9. The molecular weight excluding hydrogens is 1160 g/mol. The van der Waals surface area contributed by atoms with Crippen LogP contribution in [-0.2, 0) is 6.18 Å². The number of aryl methyl sites for hydroxylation is 8. The van der Waals surface area contributed by atoms with E-state index in [4.69, 9.17) is 0 Å². The number of nitriles is 3. The van der Waals surface area contributed by atoms with Gasteiger partial charge in [0, 0.05) is 43.1 Å². The third-order valence-corrected chi connectivity index (χ3v) is 19.1. The van der Waals surface area contributed by atoms with Gasteiger partial charge in [0.25, 0.3) is 0 Å². The van der Waals surface area contributed by atoms with Gasteiger partial charge in [-0.05, 0) is 219 Å². The maximum atomic E-state index is 15.7. The zero-order chi connectivity index (χ0) is 65.2. The number of halogens is 3. The highest BCUT2D eigenvalue weighted by Gasteiger charge is 2.38. The molecule has 452 valence electrons. The Kier molecular flexibility index (Phi) is 13.8. The second kappa shape index (κ2) is 22.2. The quantitative estimate of drug-likeness (QED) is 0.166.